The Morgan fingerprint density at radius 3 is 2.03 bits per heavy atom. The van der Waals surface area contributed by atoms with Crippen molar-refractivity contribution in [3.63, 3.8) is 0 Å². The first-order valence-corrected chi connectivity index (χ1v) is 12.3. The minimum atomic E-state index is -0.163. The molecule has 1 aromatic carbocycles. The molecule has 170 valence electrons. The molecule has 2 aromatic rings. The molecule has 0 atom stereocenters. The zero-order valence-corrected chi connectivity index (χ0v) is 19.6. The molecule has 31 heavy (non-hydrogen) atoms. The minimum Gasteiger partial charge on any atom is -0.426 e. The van der Waals surface area contributed by atoms with Gasteiger partial charge in [0, 0.05) is 18.2 Å². The first kappa shape index (κ1) is 25.0. The lowest BCUT2D eigenvalue weighted by atomic mass is 10.0. The van der Waals surface area contributed by atoms with Gasteiger partial charge in [-0.05, 0) is 31.0 Å². The summed E-state index contributed by atoms with van der Waals surface area (Å²) in [5.41, 5.74) is 2.67. The SMILES string of the molecule is CCCCCCCCCCCCCCCC(=O)Oc1cccc(C)c1-c1ccncn1. The lowest BCUT2D eigenvalue weighted by molar-refractivity contribution is -0.134. The molecule has 0 radical (unpaired) electrons. The molecule has 0 aliphatic carbocycles. The van der Waals surface area contributed by atoms with Crippen molar-refractivity contribution < 1.29 is 9.53 Å². The Morgan fingerprint density at radius 1 is 0.839 bits per heavy atom. The topological polar surface area (TPSA) is 52.1 Å². The Labute approximate surface area is 188 Å². The van der Waals surface area contributed by atoms with Crippen molar-refractivity contribution in [3.8, 4) is 17.0 Å². The van der Waals surface area contributed by atoms with Gasteiger partial charge in [-0.25, -0.2) is 9.97 Å². The van der Waals surface area contributed by atoms with Crippen molar-refractivity contribution in [2.75, 3.05) is 0 Å². The van der Waals surface area contributed by atoms with Gasteiger partial charge in [0.1, 0.15) is 12.1 Å². The van der Waals surface area contributed by atoms with Crippen LogP contribution in [0.2, 0.25) is 0 Å². The van der Waals surface area contributed by atoms with Gasteiger partial charge >= 0.3 is 5.97 Å². The van der Waals surface area contributed by atoms with E-state index in [0.29, 0.717) is 12.2 Å². The summed E-state index contributed by atoms with van der Waals surface area (Å²) in [6.07, 6.45) is 20.6. The molecule has 1 heterocycles. The summed E-state index contributed by atoms with van der Waals surface area (Å²) in [4.78, 5) is 20.6. The number of aryl methyl sites for hydroxylation is 1. The number of esters is 1. The van der Waals surface area contributed by atoms with Gasteiger partial charge in [-0.1, -0.05) is 96.1 Å². The predicted molar refractivity (Wildman–Crippen MR) is 128 cm³/mol. The van der Waals surface area contributed by atoms with E-state index in [1.165, 1.54) is 77.0 Å². The van der Waals surface area contributed by atoms with Crippen molar-refractivity contribution in [3.05, 3.63) is 42.4 Å². The number of carbonyl (C=O) groups is 1. The number of hydrogen-bond donors (Lipinski definition) is 0. The van der Waals surface area contributed by atoms with Gasteiger partial charge in [0.15, 0.2) is 0 Å². The molecule has 0 aliphatic heterocycles. The maximum absolute atomic E-state index is 12.4. The summed E-state index contributed by atoms with van der Waals surface area (Å²) in [6, 6.07) is 7.59. The monoisotopic (exact) mass is 424 g/mol. The highest BCUT2D eigenvalue weighted by Crippen LogP contribution is 2.31. The Bertz CT molecular complexity index is 746. The van der Waals surface area contributed by atoms with Crippen LogP contribution >= 0.6 is 0 Å². The van der Waals surface area contributed by atoms with Crippen LogP contribution in [-0.4, -0.2) is 15.9 Å². The Balaban J connectivity index is 1.58. The molecule has 0 spiro atoms. The van der Waals surface area contributed by atoms with E-state index in [1.807, 2.05) is 31.2 Å². The van der Waals surface area contributed by atoms with Crippen LogP contribution in [-0.2, 0) is 4.79 Å². The van der Waals surface area contributed by atoms with Gasteiger partial charge in [-0.2, -0.15) is 0 Å². The van der Waals surface area contributed by atoms with Crippen LogP contribution in [0.4, 0.5) is 0 Å². The third-order valence-electron chi connectivity index (χ3n) is 5.78. The largest absolute Gasteiger partial charge is 0.426 e. The van der Waals surface area contributed by atoms with E-state index in [-0.39, 0.29) is 5.97 Å². The molecule has 2 rings (SSSR count). The van der Waals surface area contributed by atoms with Gasteiger partial charge in [-0.15, -0.1) is 0 Å². The van der Waals surface area contributed by atoms with Gasteiger partial charge in [0.25, 0.3) is 0 Å². The maximum Gasteiger partial charge on any atom is 0.311 e. The van der Waals surface area contributed by atoms with Crippen LogP contribution in [0.15, 0.2) is 36.8 Å². The van der Waals surface area contributed by atoms with Gasteiger partial charge in [0.2, 0.25) is 0 Å². The van der Waals surface area contributed by atoms with Crippen molar-refractivity contribution in [2.24, 2.45) is 0 Å². The van der Waals surface area contributed by atoms with E-state index < -0.39 is 0 Å². The summed E-state index contributed by atoms with van der Waals surface area (Å²) in [6.45, 7) is 4.27. The first-order chi connectivity index (χ1) is 15.2. The lowest BCUT2D eigenvalue weighted by Crippen LogP contribution is -2.09. The fraction of sp³-hybridized carbons (Fsp3) is 0.593. The summed E-state index contributed by atoms with van der Waals surface area (Å²) >= 11 is 0. The van der Waals surface area contributed by atoms with Crippen LogP contribution in [0.25, 0.3) is 11.3 Å². The highest BCUT2D eigenvalue weighted by Gasteiger charge is 2.14. The summed E-state index contributed by atoms with van der Waals surface area (Å²) in [5.74, 6) is 0.419. The van der Waals surface area contributed by atoms with E-state index in [2.05, 4.69) is 16.9 Å². The summed E-state index contributed by atoms with van der Waals surface area (Å²) in [5, 5.41) is 0. The van der Waals surface area contributed by atoms with E-state index in [4.69, 9.17) is 4.74 Å². The standard InChI is InChI=1S/C27H40N2O2/c1-3-4-5-6-7-8-9-10-11-12-13-14-15-19-26(30)31-25-18-16-17-23(2)27(25)24-20-21-28-22-29-24/h16-18,20-22H,3-15,19H2,1-2H3. The van der Waals surface area contributed by atoms with Crippen LogP contribution in [0.3, 0.4) is 0 Å². The molecule has 0 N–H and O–H groups in total. The second kappa shape index (κ2) is 15.6. The van der Waals surface area contributed by atoms with Crippen LogP contribution in [0.5, 0.6) is 5.75 Å². The molecule has 4 heteroatoms. The van der Waals surface area contributed by atoms with Crippen molar-refractivity contribution in [2.45, 2.75) is 104 Å². The molecule has 0 unspecified atom stereocenters. The molecule has 0 saturated heterocycles. The summed E-state index contributed by atoms with van der Waals surface area (Å²) in [7, 11) is 0. The zero-order valence-electron chi connectivity index (χ0n) is 19.6. The van der Waals surface area contributed by atoms with Crippen LogP contribution < -0.4 is 4.74 Å². The number of hydrogen-bond acceptors (Lipinski definition) is 4. The molecule has 4 nitrogen and oxygen atoms in total. The van der Waals surface area contributed by atoms with Crippen molar-refractivity contribution in [1.29, 1.82) is 0 Å². The average Bonchev–Trinajstić information content (AvgIpc) is 2.77. The van der Waals surface area contributed by atoms with E-state index >= 15 is 0 Å². The fourth-order valence-corrected chi connectivity index (χ4v) is 3.95. The fourth-order valence-electron chi connectivity index (χ4n) is 3.95. The van der Waals surface area contributed by atoms with E-state index in [1.54, 1.807) is 6.20 Å². The Kier molecular flexibility index (Phi) is 12.6. The number of benzene rings is 1. The quantitative estimate of drug-likeness (QED) is 0.156. The third-order valence-corrected chi connectivity index (χ3v) is 5.78. The highest BCUT2D eigenvalue weighted by molar-refractivity contribution is 5.78. The molecule has 0 bridgehead atoms. The lowest BCUT2D eigenvalue weighted by Gasteiger charge is -2.12. The van der Waals surface area contributed by atoms with E-state index in [9.17, 15) is 4.79 Å². The molecule has 0 aliphatic rings. The number of carbonyl (C=O) groups excluding carboxylic acids is 1. The average molecular weight is 425 g/mol. The van der Waals surface area contributed by atoms with E-state index in [0.717, 1.165) is 29.7 Å². The maximum atomic E-state index is 12.4. The van der Waals surface area contributed by atoms with Crippen LogP contribution in [0, 0.1) is 6.92 Å². The first-order valence-electron chi connectivity index (χ1n) is 12.3. The number of aromatic nitrogens is 2. The molecular formula is C27H40N2O2. The number of ether oxygens (including phenoxy) is 1. The number of nitrogens with zero attached hydrogens (tertiary/aromatic N) is 2. The third kappa shape index (κ3) is 10.1. The smallest absolute Gasteiger partial charge is 0.311 e. The minimum absolute atomic E-state index is 0.163. The molecular weight excluding hydrogens is 384 g/mol. The molecule has 1 aromatic heterocycles. The van der Waals surface area contributed by atoms with Crippen molar-refractivity contribution >= 4 is 5.97 Å². The number of unbranched alkanes of at least 4 members (excludes halogenated alkanes) is 12. The van der Waals surface area contributed by atoms with Crippen LogP contribution in [0.1, 0.15) is 102 Å². The molecule has 0 saturated carbocycles. The highest BCUT2D eigenvalue weighted by atomic mass is 16.5. The Morgan fingerprint density at radius 2 is 1.45 bits per heavy atom. The second-order valence-electron chi connectivity index (χ2n) is 8.51. The second-order valence-corrected chi connectivity index (χ2v) is 8.51. The van der Waals surface area contributed by atoms with Gasteiger partial charge in [-0.3, -0.25) is 4.79 Å². The summed E-state index contributed by atoms with van der Waals surface area (Å²) < 4.78 is 5.69. The van der Waals surface area contributed by atoms with Gasteiger partial charge in [0.05, 0.1) is 5.69 Å². The molecule has 0 amide bonds. The van der Waals surface area contributed by atoms with Gasteiger partial charge < -0.3 is 4.74 Å². The molecule has 0 fully saturated rings. The Hall–Kier alpha value is -2.23. The normalized spacial score (nSPS) is 10.9. The van der Waals surface area contributed by atoms with Crippen molar-refractivity contribution in [1.82, 2.24) is 9.97 Å². The predicted octanol–water partition coefficient (Wildman–Crippen LogP) is 7.84. The number of rotatable bonds is 16. The zero-order chi connectivity index (χ0) is 22.2.